The zero-order valence-electron chi connectivity index (χ0n) is 23.5. The van der Waals surface area contributed by atoms with E-state index in [-0.39, 0.29) is 17.0 Å². The van der Waals surface area contributed by atoms with Crippen LogP contribution in [-0.2, 0) is 9.53 Å². The molecule has 33 heavy (non-hydrogen) atoms. The predicted molar refractivity (Wildman–Crippen MR) is 144 cm³/mol. The van der Waals surface area contributed by atoms with Gasteiger partial charge in [0.25, 0.3) is 0 Å². The second-order valence-corrected chi connectivity index (χ2v) is 12.2. The molecule has 0 aromatic heterocycles. The fourth-order valence-corrected chi connectivity index (χ4v) is 6.39. The molecule has 3 heteroatoms. The summed E-state index contributed by atoms with van der Waals surface area (Å²) in [6.45, 7) is 15.4. The van der Waals surface area contributed by atoms with Gasteiger partial charge in [-0.3, -0.25) is 9.69 Å². The Hall–Kier alpha value is -0.570. The van der Waals surface area contributed by atoms with Crippen molar-refractivity contribution in [2.24, 2.45) is 5.92 Å². The van der Waals surface area contributed by atoms with Gasteiger partial charge >= 0.3 is 5.97 Å². The summed E-state index contributed by atoms with van der Waals surface area (Å²) in [5.41, 5.74) is 0.337. The van der Waals surface area contributed by atoms with Crippen LogP contribution in [0.1, 0.15) is 157 Å². The van der Waals surface area contributed by atoms with E-state index < -0.39 is 0 Å². The van der Waals surface area contributed by atoms with Crippen molar-refractivity contribution in [3.05, 3.63) is 0 Å². The average Bonchev–Trinajstić information content (AvgIpc) is 2.71. The molecule has 0 aliphatic carbocycles. The maximum Gasteiger partial charge on any atom is 0.305 e. The maximum atomic E-state index is 12.2. The molecule has 1 aliphatic heterocycles. The Labute approximate surface area is 207 Å². The largest absolute Gasteiger partial charge is 0.464 e. The molecule has 0 aromatic carbocycles. The molecule has 1 heterocycles. The molecule has 0 aromatic rings. The fourth-order valence-electron chi connectivity index (χ4n) is 6.39. The first-order chi connectivity index (χ1) is 15.7. The number of unbranched alkanes of at least 4 members (excludes halogenated alkanes) is 14. The molecule has 0 unspecified atom stereocenters. The van der Waals surface area contributed by atoms with Crippen molar-refractivity contribution in [3.8, 4) is 0 Å². The lowest BCUT2D eigenvalue weighted by Gasteiger charge is -2.55. The number of carbonyl (C=O) groups is 1. The number of nitrogens with zero attached hydrogens (tertiary/aromatic N) is 1. The molecule has 0 atom stereocenters. The monoisotopic (exact) mass is 465 g/mol. The second-order valence-electron chi connectivity index (χ2n) is 12.2. The summed E-state index contributed by atoms with van der Waals surface area (Å²) in [7, 11) is 0. The Morgan fingerprint density at radius 1 is 0.727 bits per heavy atom. The number of hydrogen-bond acceptors (Lipinski definition) is 3. The fraction of sp³-hybridized carbons (Fsp3) is 0.967. The minimum absolute atomic E-state index is 0.00863. The van der Waals surface area contributed by atoms with E-state index in [2.05, 4.69) is 46.4 Å². The highest BCUT2D eigenvalue weighted by Gasteiger charge is 2.43. The molecule has 1 fully saturated rings. The van der Waals surface area contributed by atoms with Crippen LogP contribution in [0.2, 0.25) is 0 Å². The molecule has 0 spiro atoms. The van der Waals surface area contributed by atoms with E-state index in [1.165, 1.54) is 96.3 Å². The zero-order chi connectivity index (χ0) is 24.6. The van der Waals surface area contributed by atoms with Crippen molar-refractivity contribution >= 4 is 5.97 Å². The number of ether oxygens (including phenoxy) is 1. The van der Waals surface area contributed by atoms with E-state index in [1.807, 2.05) is 0 Å². The summed E-state index contributed by atoms with van der Waals surface area (Å²) in [6, 6.07) is 0. The molecule has 3 nitrogen and oxygen atoms in total. The summed E-state index contributed by atoms with van der Waals surface area (Å²) in [6.07, 6.45) is 23.3. The van der Waals surface area contributed by atoms with E-state index in [4.69, 9.17) is 4.74 Å². The van der Waals surface area contributed by atoms with Gasteiger partial charge in [-0.2, -0.15) is 0 Å². The predicted octanol–water partition coefficient (Wildman–Crippen LogP) is 9.08. The van der Waals surface area contributed by atoms with Crippen LogP contribution in [0.15, 0.2) is 0 Å². The lowest BCUT2D eigenvalue weighted by Crippen LogP contribution is -2.61. The van der Waals surface area contributed by atoms with Crippen LogP contribution < -0.4 is 0 Å². The molecule has 196 valence electrons. The Kier molecular flexibility index (Phi) is 15.7. The number of piperidine rings is 1. The third-order valence-corrected chi connectivity index (χ3v) is 7.72. The highest BCUT2D eigenvalue weighted by molar-refractivity contribution is 5.69. The van der Waals surface area contributed by atoms with Gasteiger partial charge < -0.3 is 4.74 Å². The molecule has 0 bridgehead atoms. The van der Waals surface area contributed by atoms with Crippen LogP contribution in [0.4, 0.5) is 0 Å². The molecule has 1 rings (SSSR count). The summed E-state index contributed by atoms with van der Waals surface area (Å²) < 4.78 is 5.60. The minimum atomic E-state index is -0.00863. The van der Waals surface area contributed by atoms with E-state index in [9.17, 15) is 4.79 Å². The minimum Gasteiger partial charge on any atom is -0.464 e. The molecule has 0 N–H and O–H groups in total. The average molecular weight is 466 g/mol. The number of rotatable bonds is 19. The number of esters is 1. The van der Waals surface area contributed by atoms with Gasteiger partial charge in [0.15, 0.2) is 0 Å². The summed E-state index contributed by atoms with van der Waals surface area (Å²) >= 11 is 0. The summed E-state index contributed by atoms with van der Waals surface area (Å²) in [5.74, 6) is 0.740. The standard InChI is InChI=1S/C30H59NO2/c1-7-8-9-10-11-12-13-14-15-16-17-18-19-20-21-22-28(32)33-24-23-31-29(3,4)25-27(2)26-30(31,5)6/h27H,7-26H2,1-6H3. The highest BCUT2D eigenvalue weighted by Crippen LogP contribution is 2.40. The van der Waals surface area contributed by atoms with Crippen molar-refractivity contribution in [2.45, 2.75) is 168 Å². The van der Waals surface area contributed by atoms with Gasteiger partial charge in [0.1, 0.15) is 6.61 Å². The van der Waals surface area contributed by atoms with Gasteiger partial charge in [-0.05, 0) is 52.9 Å². The SMILES string of the molecule is CCCCCCCCCCCCCCCCCC(=O)OCCN1C(C)(C)CC(C)CC1(C)C. The topological polar surface area (TPSA) is 29.5 Å². The van der Waals surface area contributed by atoms with Crippen LogP contribution in [0.5, 0.6) is 0 Å². The van der Waals surface area contributed by atoms with Crippen molar-refractivity contribution in [2.75, 3.05) is 13.2 Å². The zero-order valence-corrected chi connectivity index (χ0v) is 23.5. The van der Waals surface area contributed by atoms with Gasteiger partial charge in [0.2, 0.25) is 0 Å². The number of carbonyl (C=O) groups excluding carboxylic acids is 1. The van der Waals surface area contributed by atoms with Gasteiger partial charge in [-0.1, -0.05) is 104 Å². The molecule has 1 aliphatic rings. The van der Waals surface area contributed by atoms with Gasteiger partial charge in [0.05, 0.1) is 0 Å². The van der Waals surface area contributed by atoms with Crippen LogP contribution in [0.25, 0.3) is 0 Å². The first-order valence-corrected chi connectivity index (χ1v) is 14.6. The quantitative estimate of drug-likeness (QED) is 0.141. The molecular formula is C30H59NO2. The lowest BCUT2D eigenvalue weighted by molar-refractivity contribution is -0.146. The Balaban J connectivity index is 1.94. The molecule has 0 radical (unpaired) electrons. The van der Waals surface area contributed by atoms with Crippen LogP contribution in [-0.4, -0.2) is 35.1 Å². The van der Waals surface area contributed by atoms with Crippen molar-refractivity contribution in [1.82, 2.24) is 4.90 Å². The molecule has 1 saturated heterocycles. The van der Waals surface area contributed by atoms with Crippen molar-refractivity contribution < 1.29 is 9.53 Å². The Bertz CT molecular complexity index is 482. The van der Waals surface area contributed by atoms with Crippen LogP contribution >= 0.6 is 0 Å². The van der Waals surface area contributed by atoms with E-state index in [0.717, 1.165) is 25.3 Å². The van der Waals surface area contributed by atoms with Crippen LogP contribution in [0.3, 0.4) is 0 Å². The molecule has 0 saturated carbocycles. The third kappa shape index (κ3) is 13.8. The van der Waals surface area contributed by atoms with Gasteiger partial charge in [0, 0.05) is 24.0 Å². The van der Waals surface area contributed by atoms with Gasteiger partial charge in [-0.25, -0.2) is 0 Å². The Morgan fingerprint density at radius 3 is 1.55 bits per heavy atom. The normalized spacial score (nSPS) is 18.5. The van der Waals surface area contributed by atoms with E-state index in [0.29, 0.717) is 13.0 Å². The first-order valence-electron chi connectivity index (χ1n) is 14.6. The second kappa shape index (κ2) is 17.0. The smallest absolute Gasteiger partial charge is 0.305 e. The van der Waals surface area contributed by atoms with Crippen LogP contribution in [0, 0.1) is 5.92 Å². The molecular weight excluding hydrogens is 406 g/mol. The first kappa shape index (κ1) is 30.5. The third-order valence-electron chi connectivity index (χ3n) is 7.72. The molecule has 0 amide bonds. The van der Waals surface area contributed by atoms with E-state index in [1.54, 1.807) is 0 Å². The van der Waals surface area contributed by atoms with Crippen molar-refractivity contribution in [1.29, 1.82) is 0 Å². The maximum absolute atomic E-state index is 12.2. The summed E-state index contributed by atoms with van der Waals surface area (Å²) in [4.78, 5) is 14.7. The van der Waals surface area contributed by atoms with Gasteiger partial charge in [-0.15, -0.1) is 0 Å². The van der Waals surface area contributed by atoms with E-state index >= 15 is 0 Å². The summed E-state index contributed by atoms with van der Waals surface area (Å²) in [5, 5.41) is 0. The highest BCUT2D eigenvalue weighted by atomic mass is 16.5. The number of likely N-dealkylation sites (tertiary alicyclic amines) is 1. The lowest BCUT2D eigenvalue weighted by atomic mass is 9.74. The Morgan fingerprint density at radius 2 is 1.12 bits per heavy atom. The van der Waals surface area contributed by atoms with Crippen molar-refractivity contribution in [3.63, 3.8) is 0 Å². The number of hydrogen-bond donors (Lipinski definition) is 0.